The summed E-state index contributed by atoms with van der Waals surface area (Å²) in [6, 6.07) is 5.31. The van der Waals surface area contributed by atoms with Crippen molar-refractivity contribution >= 4 is 38.8 Å². The summed E-state index contributed by atoms with van der Waals surface area (Å²) in [6.45, 7) is 2.86. The molecule has 3 unspecified atom stereocenters. The Morgan fingerprint density at radius 2 is 2.00 bits per heavy atom. The van der Waals surface area contributed by atoms with Crippen molar-refractivity contribution in [2.45, 2.75) is 43.6 Å². The van der Waals surface area contributed by atoms with Gasteiger partial charge in [-0.15, -0.1) is 11.3 Å². The molecular weight excluding hydrogens is 491 g/mol. The van der Waals surface area contributed by atoms with Gasteiger partial charge < -0.3 is 27.8 Å². The molecule has 2 heterocycles. The number of nitrogen functional groups attached to an aromatic ring is 1. The fraction of sp³-hybridized carbons (Fsp3) is 0.360. The van der Waals surface area contributed by atoms with Crippen LogP contribution in [0.4, 0.5) is 18.9 Å². The van der Waals surface area contributed by atoms with Crippen molar-refractivity contribution in [1.29, 1.82) is 0 Å². The lowest BCUT2D eigenvalue weighted by Crippen LogP contribution is -2.52. The molecular formula is C25H26F3N5O2S. The fourth-order valence-electron chi connectivity index (χ4n) is 5.25. The lowest BCUT2D eigenvalue weighted by atomic mass is 9.70. The SMILES string of the molecule is Cc1ccc(C2(N)C(=O)C(N)c3c(C(=O)NC4CCCNC4)sc4c(N)ccc2c34)cc1C(F)(F)F. The van der Waals surface area contributed by atoms with Gasteiger partial charge >= 0.3 is 6.18 Å². The number of ketones is 1. The minimum atomic E-state index is -4.63. The normalized spacial score (nSPS) is 24.2. The number of thiophene rings is 1. The molecule has 1 aliphatic carbocycles. The predicted octanol–water partition coefficient (Wildman–Crippen LogP) is 3.08. The van der Waals surface area contributed by atoms with Gasteiger partial charge in [0.2, 0.25) is 0 Å². The number of alkyl halides is 3. The molecule has 1 saturated heterocycles. The summed E-state index contributed by atoms with van der Waals surface area (Å²) in [7, 11) is 0. The third-order valence-electron chi connectivity index (χ3n) is 7.15. The van der Waals surface area contributed by atoms with Gasteiger partial charge in [-0.3, -0.25) is 9.59 Å². The molecule has 0 bridgehead atoms. The van der Waals surface area contributed by atoms with E-state index in [0.717, 1.165) is 36.8 Å². The summed E-state index contributed by atoms with van der Waals surface area (Å²) in [6.07, 6.45) is -2.89. The number of nitrogens with two attached hydrogens (primary N) is 3. The highest BCUT2D eigenvalue weighted by atomic mass is 32.1. The lowest BCUT2D eigenvalue weighted by molar-refractivity contribution is -0.138. The first-order valence-corrected chi connectivity index (χ1v) is 12.4. The van der Waals surface area contributed by atoms with Gasteiger partial charge in [0, 0.05) is 29.2 Å². The van der Waals surface area contributed by atoms with Gasteiger partial charge in [0.25, 0.3) is 5.91 Å². The van der Waals surface area contributed by atoms with Crippen molar-refractivity contribution in [3.63, 3.8) is 0 Å². The van der Waals surface area contributed by atoms with Crippen LogP contribution in [-0.2, 0) is 16.5 Å². The number of Topliss-reactive ketones (excluding diaryl/α,β-unsaturated/α-hetero) is 1. The first kappa shape index (κ1) is 24.7. The van der Waals surface area contributed by atoms with E-state index in [-0.39, 0.29) is 33.5 Å². The van der Waals surface area contributed by atoms with Crippen LogP contribution in [0.25, 0.3) is 10.1 Å². The molecule has 2 aliphatic rings. The highest BCUT2D eigenvalue weighted by Gasteiger charge is 2.49. The van der Waals surface area contributed by atoms with Crippen LogP contribution in [0.5, 0.6) is 0 Å². The molecule has 8 N–H and O–H groups in total. The zero-order chi connectivity index (χ0) is 26.0. The maximum absolute atomic E-state index is 13.7. The number of carbonyl (C=O) groups excluding carboxylic acids is 2. The molecule has 0 saturated carbocycles. The van der Waals surface area contributed by atoms with Crippen molar-refractivity contribution < 1.29 is 22.8 Å². The van der Waals surface area contributed by atoms with Gasteiger partial charge in [0.1, 0.15) is 5.54 Å². The topological polar surface area (TPSA) is 136 Å². The third-order valence-corrected chi connectivity index (χ3v) is 8.40. The van der Waals surface area contributed by atoms with Gasteiger partial charge in [0.15, 0.2) is 5.78 Å². The minimum absolute atomic E-state index is 0.0113. The quantitative estimate of drug-likeness (QED) is 0.339. The van der Waals surface area contributed by atoms with E-state index in [4.69, 9.17) is 17.2 Å². The summed E-state index contributed by atoms with van der Waals surface area (Å²) < 4.78 is 41.6. The summed E-state index contributed by atoms with van der Waals surface area (Å²) in [5, 5.41) is 6.68. The molecule has 7 nitrogen and oxygen atoms in total. The van der Waals surface area contributed by atoms with Crippen molar-refractivity contribution in [3.8, 4) is 0 Å². The molecule has 5 rings (SSSR count). The van der Waals surface area contributed by atoms with E-state index in [1.807, 2.05) is 0 Å². The van der Waals surface area contributed by atoms with Crippen LogP contribution in [0.2, 0.25) is 0 Å². The number of rotatable bonds is 3. The van der Waals surface area contributed by atoms with Gasteiger partial charge in [0.05, 0.1) is 21.2 Å². The van der Waals surface area contributed by atoms with Crippen LogP contribution >= 0.6 is 11.3 Å². The standard InChI is InChI=1S/C25H26F3N5O2S/c1-11-4-5-12(9-15(11)25(26,27)28)24(31)14-6-7-16(29)20-17(14)18(19(30)22(24)34)21(36-20)23(35)33-13-3-2-8-32-10-13/h4-7,9,13,19,32H,2-3,8,10,29-31H2,1H3,(H,33,35). The van der Waals surface area contributed by atoms with E-state index in [0.29, 0.717) is 27.9 Å². The number of amides is 1. The van der Waals surface area contributed by atoms with Crippen LogP contribution in [0.3, 0.4) is 0 Å². The summed E-state index contributed by atoms with van der Waals surface area (Å²) in [4.78, 5) is 27.3. The lowest BCUT2D eigenvalue weighted by Gasteiger charge is -2.37. The van der Waals surface area contributed by atoms with Crippen molar-refractivity contribution in [2.75, 3.05) is 18.8 Å². The molecule has 11 heteroatoms. The minimum Gasteiger partial charge on any atom is -0.398 e. The van der Waals surface area contributed by atoms with E-state index in [2.05, 4.69) is 10.6 Å². The number of halogens is 3. The van der Waals surface area contributed by atoms with Crippen molar-refractivity contribution in [3.05, 3.63) is 63.0 Å². The predicted molar refractivity (Wildman–Crippen MR) is 133 cm³/mol. The Balaban J connectivity index is 1.70. The number of carbonyl (C=O) groups is 2. The van der Waals surface area contributed by atoms with Crippen molar-refractivity contribution in [1.82, 2.24) is 10.6 Å². The van der Waals surface area contributed by atoms with Gasteiger partial charge in [-0.2, -0.15) is 13.2 Å². The molecule has 36 heavy (non-hydrogen) atoms. The molecule has 2 aromatic carbocycles. The highest BCUT2D eigenvalue weighted by Crippen LogP contribution is 2.50. The monoisotopic (exact) mass is 517 g/mol. The molecule has 3 atom stereocenters. The Labute approximate surface area is 209 Å². The molecule has 1 fully saturated rings. The molecule has 1 aliphatic heterocycles. The van der Waals surface area contributed by atoms with Crippen LogP contribution in [0.15, 0.2) is 30.3 Å². The Kier molecular flexibility index (Phi) is 5.86. The molecule has 0 spiro atoms. The van der Waals surface area contributed by atoms with Crippen LogP contribution in [0.1, 0.15) is 56.4 Å². The van der Waals surface area contributed by atoms with Crippen LogP contribution < -0.4 is 27.8 Å². The largest absolute Gasteiger partial charge is 0.416 e. The number of aryl methyl sites for hydroxylation is 1. The molecule has 0 radical (unpaired) electrons. The highest BCUT2D eigenvalue weighted by molar-refractivity contribution is 7.21. The Morgan fingerprint density at radius 3 is 2.67 bits per heavy atom. The van der Waals surface area contributed by atoms with E-state index in [1.165, 1.54) is 25.1 Å². The molecule has 3 aromatic rings. The average Bonchev–Trinajstić information content (AvgIpc) is 3.24. The van der Waals surface area contributed by atoms with E-state index < -0.39 is 29.1 Å². The average molecular weight is 518 g/mol. The zero-order valence-electron chi connectivity index (χ0n) is 19.5. The first-order valence-electron chi connectivity index (χ1n) is 11.6. The number of hydrogen-bond donors (Lipinski definition) is 5. The summed E-state index contributed by atoms with van der Waals surface area (Å²) in [5.41, 5.74) is 17.4. The number of benzene rings is 2. The van der Waals surface area contributed by atoms with Crippen LogP contribution in [-0.4, -0.2) is 30.8 Å². The number of hydrogen-bond acceptors (Lipinski definition) is 7. The first-order chi connectivity index (χ1) is 16.9. The van der Waals surface area contributed by atoms with E-state index >= 15 is 0 Å². The Hall–Kier alpha value is -2.99. The second-order valence-corrected chi connectivity index (χ2v) is 10.5. The third kappa shape index (κ3) is 3.69. The second-order valence-electron chi connectivity index (χ2n) is 9.45. The molecule has 1 amide bonds. The fourth-order valence-corrected chi connectivity index (χ4v) is 6.45. The van der Waals surface area contributed by atoms with E-state index in [1.54, 1.807) is 6.07 Å². The van der Waals surface area contributed by atoms with Crippen LogP contribution in [0, 0.1) is 6.92 Å². The Morgan fingerprint density at radius 1 is 1.25 bits per heavy atom. The van der Waals surface area contributed by atoms with Gasteiger partial charge in [-0.25, -0.2) is 0 Å². The van der Waals surface area contributed by atoms with Gasteiger partial charge in [-0.05, 0) is 55.1 Å². The van der Waals surface area contributed by atoms with Crippen molar-refractivity contribution in [2.24, 2.45) is 11.5 Å². The molecule has 190 valence electrons. The maximum Gasteiger partial charge on any atom is 0.416 e. The second kappa shape index (κ2) is 8.55. The van der Waals surface area contributed by atoms with E-state index in [9.17, 15) is 22.8 Å². The summed E-state index contributed by atoms with van der Waals surface area (Å²) >= 11 is 1.11. The number of nitrogens with one attached hydrogen (secondary N) is 2. The zero-order valence-corrected chi connectivity index (χ0v) is 20.3. The smallest absolute Gasteiger partial charge is 0.398 e. The summed E-state index contributed by atoms with van der Waals surface area (Å²) in [5.74, 6) is -1.06. The van der Waals surface area contributed by atoms with Gasteiger partial charge in [-0.1, -0.05) is 18.2 Å². The molecule has 1 aromatic heterocycles. The number of piperidine rings is 1. The number of anilines is 1. The maximum atomic E-state index is 13.7. The Bertz CT molecular complexity index is 1400.